The summed E-state index contributed by atoms with van der Waals surface area (Å²) in [4.78, 5) is 16.3. The third-order valence-electron chi connectivity index (χ3n) is 3.98. The summed E-state index contributed by atoms with van der Waals surface area (Å²) in [5.74, 6) is 0.977. The topological polar surface area (TPSA) is 55.1 Å². The standard InChI is InChI=1S/C18H22N2O2/c1-18(2,3)14-8-6-13(7-9-14)17-20-15(11-22-17)16(21)19-10-12-4-5-12/h6-9,11-12H,4-5,10H2,1-3H3,(H,19,21). The second-order valence-electron chi connectivity index (χ2n) is 7.02. The monoisotopic (exact) mass is 298 g/mol. The molecule has 1 fully saturated rings. The van der Waals surface area contributed by atoms with Gasteiger partial charge in [-0.2, -0.15) is 0 Å². The maximum absolute atomic E-state index is 12.0. The largest absolute Gasteiger partial charge is 0.444 e. The second-order valence-corrected chi connectivity index (χ2v) is 7.02. The van der Waals surface area contributed by atoms with Crippen LogP contribution in [0.2, 0.25) is 0 Å². The molecular weight excluding hydrogens is 276 g/mol. The highest BCUT2D eigenvalue weighted by Gasteiger charge is 2.23. The minimum atomic E-state index is -0.159. The van der Waals surface area contributed by atoms with Gasteiger partial charge in [0, 0.05) is 12.1 Å². The lowest BCUT2D eigenvalue weighted by Gasteiger charge is -2.18. The van der Waals surface area contributed by atoms with Crippen LogP contribution in [0.3, 0.4) is 0 Å². The molecule has 0 radical (unpaired) electrons. The van der Waals surface area contributed by atoms with E-state index in [9.17, 15) is 4.79 Å². The predicted molar refractivity (Wildman–Crippen MR) is 85.7 cm³/mol. The second kappa shape index (κ2) is 5.59. The Morgan fingerprint density at radius 3 is 2.55 bits per heavy atom. The van der Waals surface area contributed by atoms with Crippen LogP contribution >= 0.6 is 0 Å². The summed E-state index contributed by atoms with van der Waals surface area (Å²) in [6, 6.07) is 8.12. The fraction of sp³-hybridized carbons (Fsp3) is 0.444. The molecule has 116 valence electrons. The van der Waals surface area contributed by atoms with Crippen molar-refractivity contribution in [2.75, 3.05) is 6.54 Å². The minimum Gasteiger partial charge on any atom is -0.444 e. The fourth-order valence-electron chi connectivity index (χ4n) is 2.27. The molecule has 1 amide bonds. The quantitative estimate of drug-likeness (QED) is 0.934. The van der Waals surface area contributed by atoms with E-state index >= 15 is 0 Å². The number of rotatable bonds is 4. The summed E-state index contributed by atoms with van der Waals surface area (Å²) in [5.41, 5.74) is 2.60. The molecule has 4 nitrogen and oxygen atoms in total. The molecule has 1 aromatic carbocycles. The molecule has 1 aliphatic carbocycles. The van der Waals surface area contributed by atoms with E-state index < -0.39 is 0 Å². The molecule has 0 unspecified atom stereocenters. The molecule has 1 heterocycles. The van der Waals surface area contributed by atoms with Crippen molar-refractivity contribution in [3.05, 3.63) is 41.8 Å². The Bertz CT molecular complexity index is 661. The molecule has 0 aliphatic heterocycles. The van der Waals surface area contributed by atoms with Gasteiger partial charge in [0.05, 0.1) is 0 Å². The van der Waals surface area contributed by atoms with Crippen molar-refractivity contribution in [2.24, 2.45) is 5.92 Å². The third-order valence-corrected chi connectivity index (χ3v) is 3.98. The number of carbonyl (C=O) groups excluding carboxylic acids is 1. The number of hydrogen-bond acceptors (Lipinski definition) is 3. The van der Waals surface area contributed by atoms with Gasteiger partial charge in [-0.15, -0.1) is 0 Å². The van der Waals surface area contributed by atoms with Gasteiger partial charge in [-0.3, -0.25) is 4.79 Å². The number of hydrogen-bond donors (Lipinski definition) is 1. The maximum atomic E-state index is 12.0. The van der Waals surface area contributed by atoms with E-state index in [1.165, 1.54) is 24.7 Å². The molecule has 0 saturated heterocycles. The van der Waals surface area contributed by atoms with Gasteiger partial charge in [0.15, 0.2) is 5.69 Å². The highest BCUT2D eigenvalue weighted by Crippen LogP contribution is 2.28. The average molecular weight is 298 g/mol. The van der Waals surface area contributed by atoms with Crippen LogP contribution in [0.5, 0.6) is 0 Å². The molecule has 0 spiro atoms. The lowest BCUT2D eigenvalue weighted by Crippen LogP contribution is -2.25. The molecule has 1 saturated carbocycles. The zero-order chi connectivity index (χ0) is 15.7. The maximum Gasteiger partial charge on any atom is 0.273 e. The van der Waals surface area contributed by atoms with E-state index in [-0.39, 0.29) is 11.3 Å². The number of nitrogens with one attached hydrogen (secondary N) is 1. The summed E-state index contributed by atoms with van der Waals surface area (Å²) in [6.07, 6.45) is 3.85. The van der Waals surface area contributed by atoms with E-state index in [1.54, 1.807) is 0 Å². The van der Waals surface area contributed by atoms with Gasteiger partial charge in [-0.25, -0.2) is 4.98 Å². The van der Waals surface area contributed by atoms with Crippen molar-refractivity contribution in [1.82, 2.24) is 10.3 Å². The summed E-state index contributed by atoms with van der Waals surface area (Å²) in [5, 5.41) is 2.89. The van der Waals surface area contributed by atoms with Crippen LogP contribution in [0, 0.1) is 5.92 Å². The Kier molecular flexibility index (Phi) is 3.77. The number of oxazole rings is 1. The van der Waals surface area contributed by atoms with Crippen molar-refractivity contribution < 1.29 is 9.21 Å². The minimum absolute atomic E-state index is 0.114. The first-order chi connectivity index (χ1) is 10.4. The van der Waals surface area contributed by atoms with Crippen LogP contribution in [0.25, 0.3) is 11.5 Å². The fourth-order valence-corrected chi connectivity index (χ4v) is 2.27. The van der Waals surface area contributed by atoms with Crippen molar-refractivity contribution in [2.45, 2.75) is 39.0 Å². The molecule has 2 aromatic rings. The van der Waals surface area contributed by atoms with Gasteiger partial charge in [0.1, 0.15) is 6.26 Å². The average Bonchev–Trinajstić information content (AvgIpc) is 3.18. The van der Waals surface area contributed by atoms with Gasteiger partial charge in [0.25, 0.3) is 5.91 Å². The molecule has 0 bridgehead atoms. The van der Waals surface area contributed by atoms with E-state index in [2.05, 4.69) is 43.2 Å². The Hall–Kier alpha value is -2.10. The van der Waals surface area contributed by atoms with Crippen LogP contribution in [0.1, 0.15) is 49.7 Å². The van der Waals surface area contributed by atoms with E-state index in [4.69, 9.17) is 4.42 Å². The lowest BCUT2D eigenvalue weighted by molar-refractivity contribution is 0.0947. The smallest absolute Gasteiger partial charge is 0.273 e. The first kappa shape index (κ1) is 14.8. The van der Waals surface area contributed by atoms with Gasteiger partial charge >= 0.3 is 0 Å². The van der Waals surface area contributed by atoms with Crippen LogP contribution in [0.4, 0.5) is 0 Å². The van der Waals surface area contributed by atoms with Crippen molar-refractivity contribution >= 4 is 5.91 Å². The van der Waals surface area contributed by atoms with Crippen LogP contribution in [-0.2, 0) is 5.41 Å². The van der Waals surface area contributed by atoms with E-state index in [0.717, 1.165) is 12.1 Å². The number of aromatic nitrogens is 1. The molecule has 1 N–H and O–H groups in total. The third kappa shape index (κ3) is 3.38. The summed E-state index contributed by atoms with van der Waals surface area (Å²) >= 11 is 0. The van der Waals surface area contributed by atoms with E-state index in [1.807, 2.05) is 12.1 Å². The predicted octanol–water partition coefficient (Wildman–Crippen LogP) is 3.78. The Morgan fingerprint density at radius 2 is 1.95 bits per heavy atom. The lowest BCUT2D eigenvalue weighted by atomic mass is 9.87. The van der Waals surface area contributed by atoms with Gasteiger partial charge in [-0.1, -0.05) is 32.9 Å². The van der Waals surface area contributed by atoms with Gasteiger partial charge in [-0.05, 0) is 41.9 Å². The van der Waals surface area contributed by atoms with Crippen LogP contribution in [0.15, 0.2) is 34.9 Å². The molecular formula is C18H22N2O2. The summed E-state index contributed by atoms with van der Waals surface area (Å²) in [7, 11) is 0. The zero-order valence-electron chi connectivity index (χ0n) is 13.3. The molecule has 1 aliphatic rings. The molecule has 4 heteroatoms. The van der Waals surface area contributed by atoms with Crippen molar-refractivity contribution in [3.8, 4) is 11.5 Å². The number of nitrogens with zero attached hydrogens (tertiary/aromatic N) is 1. The normalized spacial score (nSPS) is 14.9. The first-order valence-electron chi connectivity index (χ1n) is 7.78. The SMILES string of the molecule is CC(C)(C)c1ccc(-c2nc(C(=O)NCC3CC3)co2)cc1. The van der Waals surface area contributed by atoms with Gasteiger partial charge < -0.3 is 9.73 Å². The summed E-state index contributed by atoms with van der Waals surface area (Å²) in [6.45, 7) is 7.27. The molecule has 3 rings (SSSR count). The summed E-state index contributed by atoms with van der Waals surface area (Å²) < 4.78 is 5.45. The Balaban J connectivity index is 1.71. The molecule has 22 heavy (non-hydrogen) atoms. The van der Waals surface area contributed by atoms with Crippen molar-refractivity contribution in [3.63, 3.8) is 0 Å². The Morgan fingerprint density at radius 1 is 1.27 bits per heavy atom. The van der Waals surface area contributed by atoms with E-state index in [0.29, 0.717) is 17.5 Å². The molecule has 0 atom stereocenters. The van der Waals surface area contributed by atoms with Crippen LogP contribution in [-0.4, -0.2) is 17.4 Å². The first-order valence-corrected chi connectivity index (χ1v) is 7.78. The number of benzene rings is 1. The van der Waals surface area contributed by atoms with Crippen molar-refractivity contribution in [1.29, 1.82) is 0 Å². The highest BCUT2D eigenvalue weighted by molar-refractivity contribution is 5.92. The highest BCUT2D eigenvalue weighted by atomic mass is 16.3. The zero-order valence-corrected chi connectivity index (χ0v) is 13.3. The van der Waals surface area contributed by atoms with Gasteiger partial charge in [0.2, 0.25) is 5.89 Å². The van der Waals surface area contributed by atoms with Crippen LogP contribution < -0.4 is 5.32 Å². The molecule has 1 aromatic heterocycles. The Labute approximate surface area is 130 Å². The number of amides is 1. The number of carbonyl (C=O) groups is 1.